The van der Waals surface area contributed by atoms with Crippen LogP contribution in [0.25, 0.3) is 0 Å². The molecule has 3 rings (SSSR count). The number of H-pyrrole nitrogens is 2. The molecule has 0 atom stereocenters. The van der Waals surface area contributed by atoms with Gasteiger partial charge < -0.3 is 4.98 Å². The molecule has 23 heavy (non-hydrogen) atoms. The standard InChI is InChI=1S/C17H23N5O/c1-17(2,3)15-9-14(20-21-15)16(23)22-18-10-12-8-11-6-4-5-7-13(11)19-12/h8-10,19H,4-7H2,1-3H3,(H,20,21)(H,22,23). The summed E-state index contributed by atoms with van der Waals surface area (Å²) in [7, 11) is 0. The van der Waals surface area contributed by atoms with Crippen molar-refractivity contribution in [1.82, 2.24) is 20.6 Å². The molecule has 1 aliphatic rings. The van der Waals surface area contributed by atoms with Gasteiger partial charge in [0.1, 0.15) is 0 Å². The summed E-state index contributed by atoms with van der Waals surface area (Å²) in [6, 6.07) is 3.87. The van der Waals surface area contributed by atoms with E-state index in [1.807, 2.05) is 0 Å². The topological polar surface area (TPSA) is 85.9 Å². The number of carbonyl (C=O) groups excluding carboxylic acids is 1. The zero-order chi connectivity index (χ0) is 16.4. The summed E-state index contributed by atoms with van der Waals surface area (Å²) in [5, 5.41) is 11.0. The number of aromatic amines is 2. The van der Waals surface area contributed by atoms with Crippen molar-refractivity contribution >= 4 is 12.1 Å². The van der Waals surface area contributed by atoms with Gasteiger partial charge in [-0.3, -0.25) is 9.89 Å². The van der Waals surface area contributed by atoms with Crippen molar-refractivity contribution in [1.29, 1.82) is 0 Å². The van der Waals surface area contributed by atoms with Crippen LogP contribution in [0.3, 0.4) is 0 Å². The van der Waals surface area contributed by atoms with Gasteiger partial charge in [0.15, 0.2) is 5.69 Å². The second-order valence-electron chi connectivity index (χ2n) is 7.05. The predicted octanol–water partition coefficient (Wildman–Crippen LogP) is 2.68. The van der Waals surface area contributed by atoms with Crippen molar-refractivity contribution in [3.8, 4) is 0 Å². The van der Waals surface area contributed by atoms with Crippen LogP contribution in [-0.4, -0.2) is 27.3 Å². The van der Waals surface area contributed by atoms with Gasteiger partial charge in [-0.15, -0.1) is 0 Å². The average Bonchev–Trinajstić information content (AvgIpc) is 3.13. The number of fused-ring (bicyclic) bond motifs is 1. The molecular formula is C17H23N5O. The summed E-state index contributed by atoms with van der Waals surface area (Å²) >= 11 is 0. The summed E-state index contributed by atoms with van der Waals surface area (Å²) in [4.78, 5) is 15.4. The third kappa shape index (κ3) is 3.52. The molecule has 2 heterocycles. The molecular weight excluding hydrogens is 290 g/mol. The van der Waals surface area contributed by atoms with E-state index in [-0.39, 0.29) is 11.3 Å². The van der Waals surface area contributed by atoms with E-state index in [1.165, 1.54) is 24.1 Å². The van der Waals surface area contributed by atoms with Gasteiger partial charge in [0, 0.05) is 16.8 Å². The van der Waals surface area contributed by atoms with Gasteiger partial charge in [0.2, 0.25) is 0 Å². The Bertz CT molecular complexity index is 709. The van der Waals surface area contributed by atoms with Crippen molar-refractivity contribution in [3.63, 3.8) is 0 Å². The molecule has 6 nitrogen and oxygen atoms in total. The Kier molecular flexibility index (Phi) is 4.07. The summed E-state index contributed by atoms with van der Waals surface area (Å²) < 4.78 is 0. The number of hydrazone groups is 1. The first-order chi connectivity index (χ1) is 10.9. The van der Waals surface area contributed by atoms with E-state index in [4.69, 9.17) is 0 Å². The van der Waals surface area contributed by atoms with Gasteiger partial charge >= 0.3 is 0 Å². The first-order valence-corrected chi connectivity index (χ1v) is 8.03. The third-order valence-corrected chi connectivity index (χ3v) is 4.12. The molecule has 0 aromatic carbocycles. The van der Waals surface area contributed by atoms with Gasteiger partial charge in [-0.2, -0.15) is 10.2 Å². The van der Waals surface area contributed by atoms with Crippen molar-refractivity contribution in [2.45, 2.75) is 51.9 Å². The van der Waals surface area contributed by atoms with Crippen molar-refractivity contribution in [2.75, 3.05) is 0 Å². The van der Waals surface area contributed by atoms with Crippen molar-refractivity contribution in [2.24, 2.45) is 5.10 Å². The van der Waals surface area contributed by atoms with Crippen LogP contribution in [0.4, 0.5) is 0 Å². The van der Waals surface area contributed by atoms with E-state index < -0.39 is 0 Å². The maximum Gasteiger partial charge on any atom is 0.291 e. The number of aromatic nitrogens is 3. The minimum Gasteiger partial charge on any atom is -0.357 e. The van der Waals surface area contributed by atoms with Gasteiger partial charge in [-0.05, 0) is 43.4 Å². The highest BCUT2D eigenvalue weighted by molar-refractivity contribution is 5.93. The van der Waals surface area contributed by atoms with Crippen molar-refractivity contribution in [3.05, 3.63) is 40.5 Å². The number of aryl methyl sites for hydroxylation is 2. The van der Waals surface area contributed by atoms with Crippen molar-refractivity contribution < 1.29 is 4.79 Å². The van der Waals surface area contributed by atoms with E-state index in [0.29, 0.717) is 5.69 Å². The fraction of sp³-hybridized carbons (Fsp3) is 0.471. The SMILES string of the molecule is CC(C)(C)c1cc(C(=O)NN=Cc2cc3c([nH]2)CCCC3)n[nH]1. The van der Waals surface area contributed by atoms with Crippen LogP contribution < -0.4 is 5.43 Å². The Balaban J connectivity index is 1.62. The quantitative estimate of drug-likeness (QED) is 0.601. The van der Waals surface area contributed by atoms with E-state index in [1.54, 1.807) is 12.3 Å². The van der Waals surface area contributed by atoms with E-state index in [2.05, 4.69) is 52.5 Å². The van der Waals surface area contributed by atoms with Crippen LogP contribution in [0.2, 0.25) is 0 Å². The molecule has 0 aliphatic heterocycles. The Morgan fingerprint density at radius 3 is 2.78 bits per heavy atom. The maximum absolute atomic E-state index is 12.1. The largest absolute Gasteiger partial charge is 0.357 e. The Morgan fingerprint density at radius 1 is 1.30 bits per heavy atom. The molecule has 0 spiro atoms. The molecule has 6 heteroatoms. The minimum absolute atomic E-state index is 0.0713. The van der Waals surface area contributed by atoms with Crippen LogP contribution in [-0.2, 0) is 18.3 Å². The molecule has 0 radical (unpaired) electrons. The highest BCUT2D eigenvalue weighted by Gasteiger charge is 2.19. The Hall–Kier alpha value is -2.37. The fourth-order valence-electron chi connectivity index (χ4n) is 2.74. The van der Waals surface area contributed by atoms with Crippen LogP contribution in [0.15, 0.2) is 17.2 Å². The molecule has 2 aromatic heterocycles. The van der Waals surface area contributed by atoms with Gasteiger partial charge in [-0.1, -0.05) is 20.8 Å². The summed E-state index contributed by atoms with van der Waals surface area (Å²) in [5.74, 6) is -0.315. The smallest absolute Gasteiger partial charge is 0.291 e. The number of amides is 1. The van der Waals surface area contributed by atoms with E-state index in [9.17, 15) is 4.79 Å². The first-order valence-electron chi connectivity index (χ1n) is 8.03. The molecule has 3 N–H and O–H groups in total. The summed E-state index contributed by atoms with van der Waals surface area (Å²) in [5.41, 5.74) is 7.30. The number of hydrogen-bond donors (Lipinski definition) is 3. The average molecular weight is 313 g/mol. The number of nitrogens with one attached hydrogen (secondary N) is 3. The second kappa shape index (κ2) is 6.02. The molecule has 1 aliphatic carbocycles. The van der Waals surface area contributed by atoms with Crippen LogP contribution >= 0.6 is 0 Å². The molecule has 0 saturated heterocycles. The number of hydrogen-bond acceptors (Lipinski definition) is 3. The zero-order valence-electron chi connectivity index (χ0n) is 13.9. The molecule has 0 fully saturated rings. The van der Waals surface area contributed by atoms with E-state index in [0.717, 1.165) is 24.2 Å². The summed E-state index contributed by atoms with van der Waals surface area (Å²) in [6.07, 6.45) is 6.34. The lowest BCUT2D eigenvalue weighted by Gasteiger charge is -2.14. The first kappa shape index (κ1) is 15.5. The monoisotopic (exact) mass is 313 g/mol. The molecule has 0 unspecified atom stereocenters. The number of rotatable bonds is 3. The molecule has 0 bridgehead atoms. The lowest BCUT2D eigenvalue weighted by molar-refractivity contribution is 0.0950. The molecule has 2 aromatic rings. The predicted molar refractivity (Wildman–Crippen MR) is 89.8 cm³/mol. The highest BCUT2D eigenvalue weighted by Crippen LogP contribution is 2.21. The highest BCUT2D eigenvalue weighted by atomic mass is 16.2. The third-order valence-electron chi connectivity index (χ3n) is 4.12. The number of carbonyl (C=O) groups is 1. The lowest BCUT2D eigenvalue weighted by atomic mass is 9.92. The van der Waals surface area contributed by atoms with Crippen LogP contribution in [0.5, 0.6) is 0 Å². The lowest BCUT2D eigenvalue weighted by Crippen LogP contribution is -2.18. The van der Waals surface area contributed by atoms with Crippen LogP contribution in [0.1, 0.15) is 66.7 Å². The maximum atomic E-state index is 12.1. The van der Waals surface area contributed by atoms with Gasteiger partial charge in [-0.25, -0.2) is 5.43 Å². The molecule has 1 amide bonds. The molecule has 0 saturated carbocycles. The summed E-state index contributed by atoms with van der Waals surface area (Å²) in [6.45, 7) is 6.19. The Labute approximate surface area is 135 Å². The Morgan fingerprint density at radius 2 is 2.09 bits per heavy atom. The molecule has 122 valence electrons. The van der Waals surface area contributed by atoms with Crippen LogP contribution in [0, 0.1) is 0 Å². The zero-order valence-corrected chi connectivity index (χ0v) is 13.9. The second-order valence-corrected chi connectivity index (χ2v) is 7.05. The van der Waals surface area contributed by atoms with Gasteiger partial charge in [0.25, 0.3) is 5.91 Å². The van der Waals surface area contributed by atoms with Gasteiger partial charge in [0.05, 0.1) is 11.9 Å². The number of nitrogens with zero attached hydrogens (tertiary/aromatic N) is 2. The normalized spacial score (nSPS) is 14.9. The fourth-order valence-corrected chi connectivity index (χ4v) is 2.74. The van der Waals surface area contributed by atoms with E-state index >= 15 is 0 Å². The minimum atomic E-state index is -0.315.